The zero-order chi connectivity index (χ0) is 17.2. The normalized spacial score (nSPS) is 23.2. The summed E-state index contributed by atoms with van der Waals surface area (Å²) in [6.45, 7) is 4.99. The smallest absolute Gasteiger partial charge is 0.246 e. The largest absolute Gasteiger partial charge is 0.316 e. The molecule has 2 fully saturated rings. The molecule has 25 heavy (non-hydrogen) atoms. The first-order chi connectivity index (χ1) is 11.5. The van der Waals surface area contributed by atoms with E-state index in [-0.39, 0.29) is 12.4 Å². The van der Waals surface area contributed by atoms with Crippen molar-refractivity contribution in [1.29, 1.82) is 0 Å². The fourth-order valence-corrected chi connectivity index (χ4v) is 4.89. The Morgan fingerprint density at radius 2 is 1.88 bits per heavy atom. The second kappa shape index (κ2) is 8.73. The number of nitrogens with zero attached hydrogens (tertiary/aromatic N) is 2. The van der Waals surface area contributed by atoms with Crippen molar-refractivity contribution in [1.82, 2.24) is 14.5 Å². The summed E-state index contributed by atoms with van der Waals surface area (Å²) in [5.41, 5.74) is 0. The molecule has 1 unspecified atom stereocenters. The van der Waals surface area contributed by atoms with Gasteiger partial charge in [0.2, 0.25) is 10.0 Å². The molecule has 1 N–H and O–H groups in total. The molecule has 0 radical (unpaired) electrons. The number of halogens is 3. The molecule has 2 aliphatic rings. The van der Waals surface area contributed by atoms with E-state index in [1.165, 1.54) is 17.1 Å². The Morgan fingerprint density at radius 1 is 1.16 bits per heavy atom. The van der Waals surface area contributed by atoms with E-state index in [4.69, 9.17) is 0 Å². The summed E-state index contributed by atoms with van der Waals surface area (Å²) in [5, 5.41) is 3.38. The standard InChI is InChI=1S/C16H23F2N3O2S.ClH/c17-14-3-4-16(15(18)10-14)24(22,23)21-8-6-20(7-9-21)12-13-2-1-5-19-11-13;/h3-4,10,13,19H,1-2,5-9,11-12H2;1H. The first-order valence-electron chi connectivity index (χ1n) is 8.35. The van der Waals surface area contributed by atoms with E-state index in [0.717, 1.165) is 31.8 Å². The average Bonchev–Trinajstić information content (AvgIpc) is 2.56. The molecule has 1 atom stereocenters. The van der Waals surface area contributed by atoms with Gasteiger partial charge in [0, 0.05) is 38.8 Å². The molecule has 3 rings (SSSR count). The van der Waals surface area contributed by atoms with Crippen LogP contribution in [0.2, 0.25) is 0 Å². The summed E-state index contributed by atoms with van der Waals surface area (Å²) in [4.78, 5) is 1.82. The number of nitrogens with one attached hydrogen (secondary N) is 1. The lowest BCUT2D eigenvalue weighted by atomic mass is 9.99. The molecule has 2 aliphatic heterocycles. The predicted octanol–water partition coefficient (Wildman–Crippen LogP) is 1.69. The second-order valence-corrected chi connectivity index (χ2v) is 8.40. The van der Waals surface area contributed by atoms with Crippen LogP contribution >= 0.6 is 12.4 Å². The van der Waals surface area contributed by atoms with E-state index in [1.807, 2.05) is 0 Å². The Morgan fingerprint density at radius 3 is 2.48 bits per heavy atom. The quantitative estimate of drug-likeness (QED) is 0.843. The number of hydrogen-bond acceptors (Lipinski definition) is 4. The van der Waals surface area contributed by atoms with Gasteiger partial charge >= 0.3 is 0 Å². The summed E-state index contributed by atoms with van der Waals surface area (Å²) < 4.78 is 53.2. The molecule has 0 aliphatic carbocycles. The maximum atomic E-state index is 13.8. The van der Waals surface area contributed by atoms with Crippen LogP contribution in [-0.4, -0.2) is 63.4 Å². The van der Waals surface area contributed by atoms with Gasteiger partial charge in [-0.2, -0.15) is 4.31 Å². The van der Waals surface area contributed by atoms with Gasteiger partial charge in [0.05, 0.1) is 0 Å². The summed E-state index contributed by atoms with van der Waals surface area (Å²) in [6, 6.07) is 2.58. The fourth-order valence-electron chi connectivity index (χ4n) is 3.42. The zero-order valence-electron chi connectivity index (χ0n) is 14.0. The average molecular weight is 396 g/mol. The van der Waals surface area contributed by atoms with Crippen LogP contribution in [0.3, 0.4) is 0 Å². The van der Waals surface area contributed by atoms with Crippen molar-refractivity contribution in [2.75, 3.05) is 45.8 Å². The third-order valence-electron chi connectivity index (χ3n) is 4.76. The third-order valence-corrected chi connectivity index (χ3v) is 6.69. The Bertz CT molecular complexity index is 676. The van der Waals surface area contributed by atoms with Crippen molar-refractivity contribution in [2.45, 2.75) is 17.7 Å². The molecule has 2 saturated heterocycles. The minimum Gasteiger partial charge on any atom is -0.316 e. The number of sulfonamides is 1. The Hall–Kier alpha value is -0.800. The Balaban J connectivity index is 0.00000225. The van der Waals surface area contributed by atoms with E-state index >= 15 is 0 Å². The van der Waals surface area contributed by atoms with E-state index in [0.29, 0.717) is 38.2 Å². The lowest BCUT2D eigenvalue weighted by molar-refractivity contribution is 0.154. The molecule has 0 saturated carbocycles. The number of rotatable bonds is 4. The van der Waals surface area contributed by atoms with Gasteiger partial charge in [-0.05, 0) is 44.0 Å². The minimum absolute atomic E-state index is 0. The maximum absolute atomic E-state index is 13.8. The van der Waals surface area contributed by atoms with Crippen molar-refractivity contribution in [3.8, 4) is 0 Å². The topological polar surface area (TPSA) is 52.7 Å². The summed E-state index contributed by atoms with van der Waals surface area (Å²) >= 11 is 0. The summed E-state index contributed by atoms with van der Waals surface area (Å²) in [7, 11) is -3.91. The minimum atomic E-state index is -3.91. The van der Waals surface area contributed by atoms with Crippen LogP contribution in [0.4, 0.5) is 8.78 Å². The molecule has 1 aromatic rings. The highest BCUT2D eigenvalue weighted by molar-refractivity contribution is 7.89. The number of piperazine rings is 1. The van der Waals surface area contributed by atoms with Gasteiger partial charge in [0.1, 0.15) is 16.5 Å². The van der Waals surface area contributed by atoms with Crippen LogP contribution in [-0.2, 0) is 10.0 Å². The molecule has 2 heterocycles. The molecule has 0 amide bonds. The van der Waals surface area contributed by atoms with Crippen LogP contribution < -0.4 is 5.32 Å². The first-order valence-corrected chi connectivity index (χ1v) is 9.79. The van der Waals surface area contributed by atoms with Crippen molar-refractivity contribution in [2.24, 2.45) is 5.92 Å². The van der Waals surface area contributed by atoms with Gasteiger partial charge in [-0.15, -0.1) is 12.4 Å². The van der Waals surface area contributed by atoms with E-state index in [9.17, 15) is 17.2 Å². The number of hydrogen-bond donors (Lipinski definition) is 1. The zero-order valence-corrected chi connectivity index (χ0v) is 15.6. The molecule has 142 valence electrons. The lowest BCUT2D eigenvalue weighted by Crippen LogP contribution is -2.50. The maximum Gasteiger partial charge on any atom is 0.246 e. The molecular weight excluding hydrogens is 372 g/mol. The van der Waals surface area contributed by atoms with Crippen molar-refractivity contribution in [3.63, 3.8) is 0 Å². The Kier molecular flexibility index (Phi) is 7.16. The molecular formula is C16H24ClF2N3O2S. The van der Waals surface area contributed by atoms with Crippen LogP contribution in [0.1, 0.15) is 12.8 Å². The summed E-state index contributed by atoms with van der Waals surface area (Å²) in [6.07, 6.45) is 2.38. The van der Waals surface area contributed by atoms with Gasteiger partial charge < -0.3 is 10.2 Å². The predicted molar refractivity (Wildman–Crippen MR) is 94.4 cm³/mol. The highest BCUT2D eigenvalue weighted by Gasteiger charge is 2.31. The van der Waals surface area contributed by atoms with Gasteiger partial charge in [-0.3, -0.25) is 0 Å². The number of piperidine rings is 1. The highest BCUT2D eigenvalue weighted by Crippen LogP contribution is 2.22. The van der Waals surface area contributed by atoms with Gasteiger partial charge in [0.25, 0.3) is 0 Å². The van der Waals surface area contributed by atoms with E-state index in [1.54, 1.807) is 0 Å². The van der Waals surface area contributed by atoms with Crippen LogP contribution in [0, 0.1) is 17.6 Å². The highest BCUT2D eigenvalue weighted by atomic mass is 35.5. The van der Waals surface area contributed by atoms with E-state index < -0.39 is 26.6 Å². The molecule has 0 aromatic heterocycles. The monoisotopic (exact) mass is 395 g/mol. The van der Waals surface area contributed by atoms with Crippen molar-refractivity contribution >= 4 is 22.4 Å². The van der Waals surface area contributed by atoms with Gasteiger partial charge in [-0.25, -0.2) is 17.2 Å². The molecule has 9 heteroatoms. The first kappa shape index (κ1) is 20.5. The molecule has 1 aromatic carbocycles. The SMILES string of the molecule is Cl.O=S(=O)(c1ccc(F)cc1F)N1CCN(CC2CCCNC2)CC1. The second-order valence-electron chi connectivity index (χ2n) is 6.49. The molecule has 5 nitrogen and oxygen atoms in total. The van der Waals surface area contributed by atoms with E-state index in [2.05, 4.69) is 10.2 Å². The summed E-state index contributed by atoms with van der Waals surface area (Å²) in [5.74, 6) is -1.21. The van der Waals surface area contributed by atoms with Crippen molar-refractivity contribution in [3.05, 3.63) is 29.8 Å². The van der Waals surface area contributed by atoms with Crippen LogP contribution in [0.25, 0.3) is 0 Å². The lowest BCUT2D eigenvalue weighted by Gasteiger charge is -2.36. The third kappa shape index (κ3) is 4.89. The molecule has 0 bridgehead atoms. The van der Waals surface area contributed by atoms with Crippen LogP contribution in [0.15, 0.2) is 23.1 Å². The molecule has 0 spiro atoms. The van der Waals surface area contributed by atoms with Crippen molar-refractivity contribution < 1.29 is 17.2 Å². The Labute approximate surface area is 153 Å². The van der Waals surface area contributed by atoms with Gasteiger partial charge in [-0.1, -0.05) is 0 Å². The van der Waals surface area contributed by atoms with Crippen LogP contribution in [0.5, 0.6) is 0 Å². The van der Waals surface area contributed by atoms with Gasteiger partial charge in [0.15, 0.2) is 0 Å². The fraction of sp³-hybridized carbons (Fsp3) is 0.625. The number of benzene rings is 1.